The Balaban J connectivity index is 1.56. The van der Waals surface area contributed by atoms with E-state index < -0.39 is 6.10 Å². The third kappa shape index (κ3) is 2.97. The van der Waals surface area contributed by atoms with Gasteiger partial charge >= 0.3 is 0 Å². The fourth-order valence-electron chi connectivity index (χ4n) is 2.51. The van der Waals surface area contributed by atoms with Crippen molar-refractivity contribution in [3.63, 3.8) is 0 Å². The summed E-state index contributed by atoms with van der Waals surface area (Å²) in [6.45, 7) is 2.47. The summed E-state index contributed by atoms with van der Waals surface area (Å²) in [5.41, 5.74) is 2.27. The van der Waals surface area contributed by atoms with Gasteiger partial charge in [0.15, 0.2) is 6.10 Å². The van der Waals surface area contributed by atoms with E-state index in [1.807, 2.05) is 12.1 Å². The molecule has 106 valence electrons. The number of amides is 1. The van der Waals surface area contributed by atoms with Crippen molar-refractivity contribution >= 4 is 17.5 Å². The molecule has 4 nitrogen and oxygen atoms in total. The molecule has 0 bridgehead atoms. The minimum atomic E-state index is -0.439. The van der Waals surface area contributed by atoms with Crippen molar-refractivity contribution in [1.82, 2.24) is 10.6 Å². The normalized spacial score (nSPS) is 20.9. The molecule has 1 aromatic carbocycles. The highest BCUT2D eigenvalue weighted by molar-refractivity contribution is 6.30. The highest BCUT2D eigenvalue weighted by atomic mass is 35.5. The molecular formula is C15H17ClN2O2. The summed E-state index contributed by atoms with van der Waals surface area (Å²) in [4.78, 5) is 12.1. The molecule has 1 unspecified atom stereocenters. The molecule has 1 atom stereocenters. The van der Waals surface area contributed by atoms with Crippen LogP contribution in [0.4, 0.5) is 0 Å². The zero-order valence-corrected chi connectivity index (χ0v) is 11.9. The van der Waals surface area contributed by atoms with Crippen molar-refractivity contribution in [2.75, 3.05) is 19.6 Å². The maximum absolute atomic E-state index is 12.1. The van der Waals surface area contributed by atoms with Crippen molar-refractivity contribution in [1.29, 1.82) is 0 Å². The zero-order valence-electron chi connectivity index (χ0n) is 11.1. The molecule has 3 rings (SSSR count). The van der Waals surface area contributed by atoms with Crippen molar-refractivity contribution in [3.8, 4) is 5.75 Å². The Morgan fingerprint density at radius 1 is 1.50 bits per heavy atom. The highest BCUT2D eigenvalue weighted by Gasteiger charge is 2.29. The van der Waals surface area contributed by atoms with Crippen LogP contribution < -0.4 is 15.4 Å². The van der Waals surface area contributed by atoms with Crippen LogP contribution in [0.5, 0.6) is 5.75 Å². The van der Waals surface area contributed by atoms with Crippen molar-refractivity contribution in [2.24, 2.45) is 0 Å². The minimum absolute atomic E-state index is 0.0586. The van der Waals surface area contributed by atoms with Crippen LogP contribution >= 0.6 is 11.6 Å². The first-order valence-corrected chi connectivity index (χ1v) is 7.21. The van der Waals surface area contributed by atoms with Crippen molar-refractivity contribution in [2.45, 2.75) is 18.9 Å². The second-order valence-electron chi connectivity index (χ2n) is 5.10. The standard InChI is InChI=1S/C15H17ClN2O2/c16-12-1-2-13-11(7-12)8-14(20-13)15(19)18-9-10-3-5-17-6-4-10/h1-3,7,14,17H,4-6,8-9H2,(H,18,19). The van der Waals surface area contributed by atoms with Crippen LogP contribution in [0.25, 0.3) is 0 Å². The average molecular weight is 293 g/mol. The van der Waals surface area contributed by atoms with Gasteiger partial charge in [-0.05, 0) is 36.7 Å². The number of halogens is 1. The summed E-state index contributed by atoms with van der Waals surface area (Å²) in [5, 5.41) is 6.87. The summed E-state index contributed by atoms with van der Waals surface area (Å²) < 4.78 is 5.66. The SMILES string of the molecule is O=C(NCC1=CCNCC1)C1Cc2cc(Cl)ccc2O1. The van der Waals surface area contributed by atoms with Gasteiger partial charge in [-0.25, -0.2) is 0 Å². The van der Waals surface area contributed by atoms with Crippen LogP contribution in [0.2, 0.25) is 5.02 Å². The Morgan fingerprint density at radius 2 is 2.40 bits per heavy atom. The Labute approximate surface area is 123 Å². The summed E-state index contributed by atoms with van der Waals surface area (Å²) in [7, 11) is 0. The molecule has 1 aromatic rings. The molecule has 2 N–H and O–H groups in total. The lowest BCUT2D eigenvalue weighted by molar-refractivity contribution is -0.127. The van der Waals surface area contributed by atoms with E-state index in [9.17, 15) is 4.79 Å². The van der Waals surface area contributed by atoms with E-state index in [4.69, 9.17) is 16.3 Å². The predicted molar refractivity (Wildman–Crippen MR) is 78.2 cm³/mol. The zero-order chi connectivity index (χ0) is 13.9. The van der Waals surface area contributed by atoms with Gasteiger partial charge in [0.2, 0.25) is 0 Å². The number of hydrogen-bond donors (Lipinski definition) is 2. The number of carbonyl (C=O) groups is 1. The van der Waals surface area contributed by atoms with Gasteiger partial charge in [-0.1, -0.05) is 23.3 Å². The topological polar surface area (TPSA) is 50.4 Å². The molecule has 0 saturated carbocycles. The van der Waals surface area contributed by atoms with Gasteiger partial charge in [-0.15, -0.1) is 0 Å². The molecule has 2 aliphatic heterocycles. The molecule has 0 saturated heterocycles. The Morgan fingerprint density at radius 3 is 3.20 bits per heavy atom. The number of carbonyl (C=O) groups excluding carboxylic acids is 1. The summed E-state index contributed by atoms with van der Waals surface area (Å²) >= 11 is 5.94. The maximum atomic E-state index is 12.1. The smallest absolute Gasteiger partial charge is 0.261 e. The van der Waals surface area contributed by atoms with Gasteiger partial charge in [0.25, 0.3) is 5.91 Å². The number of benzene rings is 1. The number of nitrogens with one attached hydrogen (secondary N) is 2. The van der Waals surface area contributed by atoms with Crippen LogP contribution in [0.3, 0.4) is 0 Å². The maximum Gasteiger partial charge on any atom is 0.261 e. The molecule has 5 heteroatoms. The van der Waals surface area contributed by atoms with Gasteiger partial charge in [0.1, 0.15) is 5.75 Å². The van der Waals surface area contributed by atoms with E-state index in [1.54, 1.807) is 6.07 Å². The van der Waals surface area contributed by atoms with Crippen LogP contribution in [0.1, 0.15) is 12.0 Å². The molecule has 20 heavy (non-hydrogen) atoms. The molecule has 1 amide bonds. The Kier molecular flexibility index (Phi) is 3.94. The molecule has 0 aromatic heterocycles. The predicted octanol–water partition coefficient (Wildman–Crippen LogP) is 1.68. The monoisotopic (exact) mass is 292 g/mol. The Hall–Kier alpha value is -1.52. The quantitative estimate of drug-likeness (QED) is 0.834. The van der Waals surface area contributed by atoms with Crippen LogP contribution in [0, 0.1) is 0 Å². The van der Waals surface area contributed by atoms with Crippen LogP contribution in [0.15, 0.2) is 29.8 Å². The number of rotatable bonds is 3. The lowest BCUT2D eigenvalue weighted by atomic mass is 10.1. The third-order valence-electron chi connectivity index (χ3n) is 3.64. The fraction of sp³-hybridized carbons (Fsp3) is 0.400. The minimum Gasteiger partial charge on any atom is -0.480 e. The molecular weight excluding hydrogens is 276 g/mol. The average Bonchev–Trinajstić information content (AvgIpc) is 2.89. The summed E-state index contributed by atoms with van der Waals surface area (Å²) in [5.74, 6) is 0.701. The summed E-state index contributed by atoms with van der Waals surface area (Å²) in [6, 6.07) is 5.46. The molecule has 2 heterocycles. The van der Waals surface area contributed by atoms with Gasteiger partial charge in [-0.3, -0.25) is 4.79 Å². The van der Waals surface area contributed by atoms with Gasteiger partial charge in [-0.2, -0.15) is 0 Å². The molecule has 0 spiro atoms. The molecule has 0 aliphatic carbocycles. The first-order valence-electron chi connectivity index (χ1n) is 6.84. The van der Waals surface area contributed by atoms with Crippen molar-refractivity contribution < 1.29 is 9.53 Å². The first-order chi connectivity index (χ1) is 9.72. The molecule has 0 fully saturated rings. The van der Waals surface area contributed by atoms with E-state index in [0.717, 1.165) is 30.8 Å². The van der Waals surface area contributed by atoms with Gasteiger partial charge in [0.05, 0.1) is 0 Å². The molecule has 2 aliphatic rings. The Bertz CT molecular complexity index is 557. The second-order valence-corrected chi connectivity index (χ2v) is 5.53. The van der Waals surface area contributed by atoms with E-state index in [2.05, 4.69) is 16.7 Å². The lowest BCUT2D eigenvalue weighted by Gasteiger charge is -2.16. The van der Waals surface area contributed by atoms with Crippen LogP contribution in [-0.4, -0.2) is 31.6 Å². The van der Waals surface area contributed by atoms with Crippen molar-refractivity contribution in [3.05, 3.63) is 40.4 Å². The number of hydrogen-bond acceptors (Lipinski definition) is 3. The highest BCUT2D eigenvalue weighted by Crippen LogP contribution is 2.31. The number of ether oxygens (including phenoxy) is 1. The fourth-order valence-corrected chi connectivity index (χ4v) is 2.70. The third-order valence-corrected chi connectivity index (χ3v) is 3.87. The van der Waals surface area contributed by atoms with E-state index >= 15 is 0 Å². The molecule has 0 radical (unpaired) electrons. The van der Waals surface area contributed by atoms with E-state index in [0.29, 0.717) is 18.0 Å². The second kappa shape index (κ2) is 5.85. The van der Waals surface area contributed by atoms with Crippen LogP contribution in [-0.2, 0) is 11.2 Å². The number of fused-ring (bicyclic) bond motifs is 1. The van der Waals surface area contributed by atoms with Gasteiger partial charge < -0.3 is 15.4 Å². The van der Waals surface area contributed by atoms with E-state index in [-0.39, 0.29) is 5.91 Å². The lowest BCUT2D eigenvalue weighted by Crippen LogP contribution is -2.39. The van der Waals surface area contributed by atoms with Gasteiger partial charge in [0, 0.05) is 24.5 Å². The summed E-state index contributed by atoms with van der Waals surface area (Å²) in [6.07, 6.45) is 3.27. The van der Waals surface area contributed by atoms with E-state index in [1.165, 1.54) is 5.57 Å². The largest absolute Gasteiger partial charge is 0.480 e. The first kappa shape index (κ1) is 13.5.